The smallest absolute Gasteiger partial charge is 0.295 e. The Kier molecular flexibility index (Phi) is 4.12. The highest BCUT2D eigenvalue weighted by atomic mass is 16.2. The van der Waals surface area contributed by atoms with E-state index in [0.29, 0.717) is 11.5 Å². The molecule has 0 radical (unpaired) electrons. The number of carbonyl (C=O) groups is 1. The Balaban J connectivity index is 1.47. The van der Waals surface area contributed by atoms with Gasteiger partial charge in [0, 0.05) is 36.1 Å². The number of benzene rings is 1. The summed E-state index contributed by atoms with van der Waals surface area (Å²) in [6.45, 7) is 4.80. The van der Waals surface area contributed by atoms with Gasteiger partial charge in [-0.15, -0.1) is 5.10 Å². The van der Waals surface area contributed by atoms with Crippen LogP contribution in [-0.2, 0) is 13.0 Å². The Hall–Kier alpha value is -3.55. The van der Waals surface area contributed by atoms with Crippen molar-refractivity contribution in [3.63, 3.8) is 0 Å². The molecule has 8 heteroatoms. The molecule has 1 aromatic carbocycles. The topological polar surface area (TPSA) is 90.0 Å². The third-order valence-electron chi connectivity index (χ3n) is 5.18. The van der Waals surface area contributed by atoms with Crippen LogP contribution in [0.2, 0.25) is 0 Å². The maximum atomic E-state index is 12.9. The molecule has 4 heterocycles. The summed E-state index contributed by atoms with van der Waals surface area (Å²) < 4.78 is 3.79. The summed E-state index contributed by atoms with van der Waals surface area (Å²) in [5.41, 5.74) is 4.16. The molecule has 5 rings (SSSR count). The summed E-state index contributed by atoms with van der Waals surface area (Å²) in [6.07, 6.45) is 5.40. The number of nitrogens with zero attached hydrogens (tertiary/aromatic N) is 6. The number of carbonyl (C=O) groups excluding carboxylic acids is 1. The summed E-state index contributed by atoms with van der Waals surface area (Å²) in [5.74, 6) is 1.24. The molecule has 1 aliphatic heterocycles. The molecule has 0 saturated carbocycles. The summed E-state index contributed by atoms with van der Waals surface area (Å²) >= 11 is 0. The molecule has 0 fully saturated rings. The Bertz CT molecular complexity index is 1210. The van der Waals surface area contributed by atoms with E-state index in [0.717, 1.165) is 41.4 Å². The fourth-order valence-electron chi connectivity index (χ4n) is 3.80. The van der Waals surface area contributed by atoms with Gasteiger partial charge in [0.1, 0.15) is 5.82 Å². The minimum atomic E-state index is -0.371. The van der Waals surface area contributed by atoms with Crippen molar-refractivity contribution < 1.29 is 4.79 Å². The monoisotopic (exact) mass is 387 g/mol. The lowest BCUT2D eigenvalue weighted by atomic mass is 10.1. The predicted octanol–water partition coefficient (Wildman–Crippen LogP) is 3.19. The highest BCUT2D eigenvalue weighted by Crippen LogP contribution is 2.29. The zero-order valence-corrected chi connectivity index (χ0v) is 16.4. The largest absolute Gasteiger partial charge is 0.334 e. The van der Waals surface area contributed by atoms with E-state index < -0.39 is 0 Å². The second kappa shape index (κ2) is 6.80. The number of nitrogens with one attached hydrogen (secondary N) is 1. The van der Waals surface area contributed by atoms with Gasteiger partial charge in [-0.25, -0.2) is 14.5 Å². The molecule has 0 atom stereocenters. The number of imidazole rings is 1. The third-order valence-corrected chi connectivity index (χ3v) is 5.18. The first-order valence-corrected chi connectivity index (χ1v) is 9.76. The van der Waals surface area contributed by atoms with Crippen LogP contribution in [-0.4, -0.2) is 35.0 Å². The standard InChI is InChI=1S/C21H21N7O/c1-13-11-14(2)28-21(22-13)25-19(26-28)20(29)24-16-8-4-3-7-15(16)17-12-27-10-6-5-9-18(27)23-17/h3-4,7-8,11-12H,5-6,9-10H2,1-2H3,(H,24,29). The second-order valence-electron chi connectivity index (χ2n) is 7.38. The van der Waals surface area contributed by atoms with Crippen LogP contribution in [0.5, 0.6) is 0 Å². The van der Waals surface area contributed by atoms with Gasteiger partial charge in [0.15, 0.2) is 0 Å². The van der Waals surface area contributed by atoms with E-state index in [4.69, 9.17) is 4.98 Å². The molecule has 29 heavy (non-hydrogen) atoms. The number of aryl methyl sites for hydroxylation is 4. The van der Waals surface area contributed by atoms with E-state index in [-0.39, 0.29) is 11.7 Å². The molecule has 0 aliphatic carbocycles. The molecular weight excluding hydrogens is 366 g/mol. The van der Waals surface area contributed by atoms with Gasteiger partial charge >= 0.3 is 0 Å². The van der Waals surface area contributed by atoms with E-state index in [1.54, 1.807) is 4.52 Å². The fraction of sp³-hybridized carbons (Fsp3) is 0.286. The molecule has 146 valence electrons. The number of amides is 1. The number of rotatable bonds is 3. The van der Waals surface area contributed by atoms with Crippen molar-refractivity contribution in [2.45, 2.75) is 39.7 Å². The van der Waals surface area contributed by atoms with E-state index >= 15 is 0 Å². The molecular formula is C21H21N7O. The van der Waals surface area contributed by atoms with Crippen LogP contribution in [0.1, 0.15) is 40.7 Å². The molecule has 0 unspecified atom stereocenters. The molecule has 1 N–H and O–H groups in total. The number of hydrogen-bond acceptors (Lipinski definition) is 5. The van der Waals surface area contributed by atoms with E-state index in [9.17, 15) is 4.79 Å². The maximum Gasteiger partial charge on any atom is 0.295 e. The SMILES string of the molecule is Cc1cc(C)n2nc(C(=O)Nc3ccccc3-c3cn4c(n3)CCCC4)nc2n1. The van der Waals surface area contributed by atoms with Gasteiger partial charge < -0.3 is 9.88 Å². The Labute approximate surface area is 167 Å². The average Bonchev–Trinajstić information content (AvgIpc) is 3.32. The second-order valence-corrected chi connectivity index (χ2v) is 7.38. The lowest BCUT2D eigenvalue weighted by Crippen LogP contribution is -2.14. The summed E-state index contributed by atoms with van der Waals surface area (Å²) in [6, 6.07) is 9.58. The summed E-state index contributed by atoms with van der Waals surface area (Å²) in [4.78, 5) is 26.3. The van der Waals surface area contributed by atoms with E-state index in [2.05, 4.69) is 31.1 Å². The lowest BCUT2D eigenvalue weighted by Gasteiger charge is -2.11. The molecule has 1 aliphatic rings. The molecule has 1 amide bonds. The Morgan fingerprint density at radius 3 is 2.83 bits per heavy atom. The van der Waals surface area contributed by atoms with E-state index in [1.807, 2.05) is 44.2 Å². The normalized spacial score (nSPS) is 13.4. The Morgan fingerprint density at radius 1 is 1.10 bits per heavy atom. The highest BCUT2D eigenvalue weighted by molar-refractivity contribution is 6.04. The van der Waals surface area contributed by atoms with Gasteiger partial charge in [-0.2, -0.15) is 4.98 Å². The van der Waals surface area contributed by atoms with Crippen LogP contribution in [0.3, 0.4) is 0 Å². The van der Waals surface area contributed by atoms with Crippen LogP contribution in [0.15, 0.2) is 36.5 Å². The average molecular weight is 387 g/mol. The number of hydrogen-bond donors (Lipinski definition) is 1. The van der Waals surface area contributed by atoms with Gasteiger partial charge in [-0.3, -0.25) is 4.79 Å². The predicted molar refractivity (Wildman–Crippen MR) is 109 cm³/mol. The molecule has 8 nitrogen and oxygen atoms in total. The summed E-state index contributed by atoms with van der Waals surface area (Å²) in [7, 11) is 0. The number of fused-ring (bicyclic) bond motifs is 2. The van der Waals surface area contributed by atoms with E-state index in [1.165, 1.54) is 12.8 Å². The van der Waals surface area contributed by atoms with Gasteiger partial charge in [0.05, 0.1) is 11.4 Å². The van der Waals surface area contributed by atoms with Gasteiger partial charge in [-0.05, 0) is 38.8 Å². The third kappa shape index (κ3) is 3.16. The quantitative estimate of drug-likeness (QED) is 0.583. The van der Waals surface area contributed by atoms with Crippen molar-refractivity contribution in [1.82, 2.24) is 29.1 Å². The molecule has 3 aromatic heterocycles. The first-order valence-electron chi connectivity index (χ1n) is 9.76. The highest BCUT2D eigenvalue weighted by Gasteiger charge is 2.19. The number of anilines is 1. The fourth-order valence-corrected chi connectivity index (χ4v) is 3.80. The molecule has 4 aromatic rings. The van der Waals surface area contributed by atoms with Crippen molar-refractivity contribution in [1.29, 1.82) is 0 Å². The molecule has 0 saturated heterocycles. The number of aromatic nitrogens is 6. The van der Waals surface area contributed by atoms with Gasteiger partial charge in [-0.1, -0.05) is 18.2 Å². The Morgan fingerprint density at radius 2 is 1.97 bits per heavy atom. The first kappa shape index (κ1) is 17.5. The van der Waals surface area contributed by atoms with Crippen LogP contribution in [0.25, 0.3) is 17.0 Å². The van der Waals surface area contributed by atoms with Crippen molar-refractivity contribution in [3.8, 4) is 11.3 Å². The number of para-hydroxylation sites is 1. The zero-order valence-electron chi connectivity index (χ0n) is 16.4. The van der Waals surface area contributed by atoms with Crippen molar-refractivity contribution in [3.05, 3.63) is 59.6 Å². The molecule has 0 spiro atoms. The van der Waals surface area contributed by atoms with Gasteiger partial charge in [0.25, 0.3) is 11.7 Å². The van der Waals surface area contributed by atoms with Crippen LogP contribution >= 0.6 is 0 Å². The van der Waals surface area contributed by atoms with Gasteiger partial charge in [0.2, 0.25) is 5.82 Å². The van der Waals surface area contributed by atoms with Crippen LogP contribution in [0, 0.1) is 13.8 Å². The minimum Gasteiger partial charge on any atom is -0.334 e. The maximum absolute atomic E-state index is 12.9. The molecule has 0 bridgehead atoms. The van der Waals surface area contributed by atoms with Crippen molar-refractivity contribution >= 4 is 17.4 Å². The van der Waals surface area contributed by atoms with Crippen LogP contribution < -0.4 is 5.32 Å². The van der Waals surface area contributed by atoms with Crippen molar-refractivity contribution in [2.75, 3.05) is 5.32 Å². The minimum absolute atomic E-state index is 0.0881. The first-order chi connectivity index (χ1) is 14.1. The van der Waals surface area contributed by atoms with Crippen molar-refractivity contribution in [2.24, 2.45) is 0 Å². The van der Waals surface area contributed by atoms with Crippen LogP contribution in [0.4, 0.5) is 5.69 Å². The zero-order chi connectivity index (χ0) is 20.0. The lowest BCUT2D eigenvalue weighted by molar-refractivity contribution is 0.101. The summed E-state index contributed by atoms with van der Waals surface area (Å²) in [5, 5.41) is 7.26.